The summed E-state index contributed by atoms with van der Waals surface area (Å²) in [5, 5.41) is 0. The Bertz CT molecular complexity index is 572. The van der Waals surface area contributed by atoms with E-state index < -0.39 is 0 Å². The van der Waals surface area contributed by atoms with Gasteiger partial charge in [0.2, 0.25) is 0 Å². The number of para-hydroxylation sites is 1. The Hall–Kier alpha value is -1.39. The smallest absolute Gasteiger partial charge is 0.165 e. The number of ether oxygens (including phenoxy) is 1. The first-order chi connectivity index (χ1) is 9.08. The molecule has 0 heterocycles. The fraction of sp³-hybridized carbons (Fsp3) is 0.200. The van der Waals surface area contributed by atoms with Crippen LogP contribution in [0.5, 0.6) is 5.75 Å². The summed E-state index contributed by atoms with van der Waals surface area (Å²) >= 11 is 3.39. The predicted octanol–water partition coefficient (Wildman–Crippen LogP) is 4.19. The number of hydrogen-bond donors (Lipinski definition) is 1. The Morgan fingerprint density at radius 1 is 1.26 bits per heavy atom. The topological polar surface area (TPSA) is 35.2 Å². The van der Waals surface area contributed by atoms with Crippen molar-refractivity contribution in [3.05, 3.63) is 63.9 Å². The molecule has 2 nitrogen and oxygen atoms in total. The average molecular weight is 324 g/mol. The summed E-state index contributed by atoms with van der Waals surface area (Å²) < 4.78 is 20.4. The lowest BCUT2D eigenvalue weighted by Gasteiger charge is -2.14. The Morgan fingerprint density at radius 2 is 2.00 bits per heavy atom. The maximum Gasteiger partial charge on any atom is 0.165 e. The van der Waals surface area contributed by atoms with E-state index in [1.807, 2.05) is 24.3 Å². The molecule has 0 spiro atoms. The molecule has 100 valence electrons. The molecule has 4 heteroatoms. The van der Waals surface area contributed by atoms with Gasteiger partial charge in [-0.05, 0) is 30.7 Å². The monoisotopic (exact) mass is 323 g/mol. The summed E-state index contributed by atoms with van der Waals surface area (Å²) in [6.07, 6.45) is 0. The van der Waals surface area contributed by atoms with Gasteiger partial charge in [0.25, 0.3) is 0 Å². The molecule has 1 atom stereocenters. The van der Waals surface area contributed by atoms with Crippen LogP contribution in [0.1, 0.15) is 24.1 Å². The van der Waals surface area contributed by atoms with Gasteiger partial charge in [-0.25, -0.2) is 4.39 Å². The molecule has 0 amide bonds. The first kappa shape index (κ1) is 14.0. The van der Waals surface area contributed by atoms with Gasteiger partial charge in [0.05, 0.1) is 0 Å². The molecule has 0 aliphatic heterocycles. The van der Waals surface area contributed by atoms with Crippen molar-refractivity contribution in [1.29, 1.82) is 0 Å². The molecule has 0 fully saturated rings. The van der Waals surface area contributed by atoms with E-state index in [1.165, 1.54) is 6.07 Å². The highest BCUT2D eigenvalue weighted by Gasteiger charge is 2.13. The molecular weight excluding hydrogens is 309 g/mol. The van der Waals surface area contributed by atoms with Crippen molar-refractivity contribution in [1.82, 2.24) is 0 Å². The summed E-state index contributed by atoms with van der Waals surface area (Å²) in [6.45, 7) is 2.11. The third-order valence-corrected chi connectivity index (χ3v) is 3.25. The Balaban J connectivity index is 2.19. The minimum absolute atomic E-state index is 0.234. The van der Waals surface area contributed by atoms with Gasteiger partial charge < -0.3 is 10.5 Å². The zero-order chi connectivity index (χ0) is 13.8. The largest absolute Gasteiger partial charge is 0.485 e. The van der Waals surface area contributed by atoms with Gasteiger partial charge in [0.15, 0.2) is 11.6 Å². The average Bonchev–Trinajstić information content (AvgIpc) is 2.37. The van der Waals surface area contributed by atoms with Gasteiger partial charge in [0.1, 0.15) is 6.61 Å². The van der Waals surface area contributed by atoms with Crippen LogP contribution in [0.25, 0.3) is 0 Å². The van der Waals surface area contributed by atoms with Crippen LogP contribution in [0, 0.1) is 5.82 Å². The summed E-state index contributed by atoms with van der Waals surface area (Å²) in [4.78, 5) is 0. The maximum atomic E-state index is 13.8. The lowest BCUT2D eigenvalue weighted by molar-refractivity contribution is 0.285. The second kappa shape index (κ2) is 6.17. The number of halogens is 2. The Morgan fingerprint density at radius 3 is 2.68 bits per heavy atom. The molecule has 0 radical (unpaired) electrons. The molecule has 2 rings (SSSR count). The van der Waals surface area contributed by atoms with Crippen LogP contribution < -0.4 is 10.5 Å². The van der Waals surface area contributed by atoms with Gasteiger partial charge in [-0.3, -0.25) is 0 Å². The number of hydrogen-bond acceptors (Lipinski definition) is 2. The number of rotatable bonds is 4. The molecule has 0 bridgehead atoms. The van der Waals surface area contributed by atoms with Crippen LogP contribution in [-0.2, 0) is 6.61 Å². The van der Waals surface area contributed by atoms with E-state index in [0.29, 0.717) is 12.2 Å². The van der Waals surface area contributed by atoms with Gasteiger partial charge in [-0.15, -0.1) is 0 Å². The van der Waals surface area contributed by atoms with Crippen LogP contribution in [0.15, 0.2) is 46.9 Å². The highest BCUT2D eigenvalue weighted by atomic mass is 79.9. The standard InChI is InChI=1S/C15H15BrFNO/c1-10(18)13-6-3-7-14(17)15(13)19-9-11-4-2-5-12(16)8-11/h2-8,10H,9,18H2,1H3/t10-/m1/s1. The summed E-state index contributed by atoms with van der Waals surface area (Å²) in [5.74, 6) is -0.151. The molecular formula is C15H15BrFNO. The Kier molecular flexibility index (Phi) is 4.56. The SMILES string of the molecule is C[C@@H](N)c1cccc(F)c1OCc1cccc(Br)c1. The van der Waals surface area contributed by atoms with E-state index in [2.05, 4.69) is 15.9 Å². The molecule has 0 unspecified atom stereocenters. The van der Waals surface area contributed by atoms with Crippen LogP contribution in [0.4, 0.5) is 4.39 Å². The number of benzene rings is 2. The Labute approximate surface area is 120 Å². The number of nitrogens with two attached hydrogens (primary N) is 1. The van der Waals surface area contributed by atoms with E-state index in [0.717, 1.165) is 10.0 Å². The zero-order valence-electron chi connectivity index (χ0n) is 10.6. The molecule has 0 saturated carbocycles. The van der Waals surface area contributed by atoms with E-state index in [9.17, 15) is 4.39 Å². The van der Waals surface area contributed by atoms with Gasteiger partial charge in [-0.2, -0.15) is 0 Å². The summed E-state index contributed by atoms with van der Waals surface area (Å²) in [7, 11) is 0. The van der Waals surface area contributed by atoms with Crippen LogP contribution in [0.2, 0.25) is 0 Å². The molecule has 0 aliphatic carbocycles. The van der Waals surface area contributed by atoms with E-state index in [1.54, 1.807) is 19.1 Å². The third-order valence-electron chi connectivity index (χ3n) is 2.76. The van der Waals surface area contributed by atoms with Gasteiger partial charge >= 0.3 is 0 Å². The van der Waals surface area contributed by atoms with E-state index in [4.69, 9.17) is 10.5 Å². The first-order valence-electron chi connectivity index (χ1n) is 5.99. The molecule has 2 aromatic carbocycles. The van der Waals surface area contributed by atoms with Gasteiger partial charge in [-0.1, -0.05) is 40.2 Å². The molecule has 2 aromatic rings. The lowest BCUT2D eigenvalue weighted by atomic mass is 10.1. The molecule has 2 N–H and O–H groups in total. The quantitative estimate of drug-likeness (QED) is 0.915. The van der Waals surface area contributed by atoms with Crippen molar-refractivity contribution in [2.75, 3.05) is 0 Å². The van der Waals surface area contributed by atoms with E-state index in [-0.39, 0.29) is 17.6 Å². The normalized spacial score (nSPS) is 12.2. The molecule has 19 heavy (non-hydrogen) atoms. The van der Waals surface area contributed by atoms with Crippen molar-refractivity contribution in [2.45, 2.75) is 19.6 Å². The highest BCUT2D eigenvalue weighted by molar-refractivity contribution is 9.10. The minimum atomic E-state index is -0.384. The maximum absolute atomic E-state index is 13.8. The van der Waals surface area contributed by atoms with Crippen LogP contribution >= 0.6 is 15.9 Å². The highest BCUT2D eigenvalue weighted by Crippen LogP contribution is 2.28. The lowest BCUT2D eigenvalue weighted by Crippen LogP contribution is -2.09. The van der Waals surface area contributed by atoms with Crippen molar-refractivity contribution in [3.63, 3.8) is 0 Å². The second-order valence-electron chi connectivity index (χ2n) is 4.37. The molecule has 0 saturated heterocycles. The van der Waals surface area contributed by atoms with Crippen molar-refractivity contribution in [3.8, 4) is 5.75 Å². The minimum Gasteiger partial charge on any atom is -0.485 e. The zero-order valence-corrected chi connectivity index (χ0v) is 12.2. The fourth-order valence-electron chi connectivity index (χ4n) is 1.82. The van der Waals surface area contributed by atoms with Crippen LogP contribution in [0.3, 0.4) is 0 Å². The summed E-state index contributed by atoms with van der Waals surface area (Å²) in [5.41, 5.74) is 7.46. The van der Waals surface area contributed by atoms with Crippen molar-refractivity contribution < 1.29 is 9.13 Å². The molecule has 0 aromatic heterocycles. The van der Waals surface area contributed by atoms with Gasteiger partial charge in [0, 0.05) is 16.1 Å². The first-order valence-corrected chi connectivity index (χ1v) is 6.78. The van der Waals surface area contributed by atoms with Crippen LogP contribution in [-0.4, -0.2) is 0 Å². The third kappa shape index (κ3) is 3.55. The van der Waals surface area contributed by atoms with Crippen molar-refractivity contribution in [2.24, 2.45) is 5.73 Å². The summed E-state index contributed by atoms with van der Waals surface area (Å²) in [6, 6.07) is 12.2. The van der Waals surface area contributed by atoms with Crippen molar-refractivity contribution >= 4 is 15.9 Å². The predicted molar refractivity (Wildman–Crippen MR) is 77.5 cm³/mol. The van der Waals surface area contributed by atoms with E-state index >= 15 is 0 Å². The molecule has 0 aliphatic rings. The fourth-order valence-corrected chi connectivity index (χ4v) is 2.27. The second-order valence-corrected chi connectivity index (χ2v) is 5.28.